The van der Waals surface area contributed by atoms with Crippen molar-refractivity contribution in [3.05, 3.63) is 57.9 Å². The fourth-order valence-corrected chi connectivity index (χ4v) is 5.06. The Balaban J connectivity index is 1.72. The highest BCUT2D eigenvalue weighted by atomic mass is 32.1. The van der Waals surface area contributed by atoms with Crippen molar-refractivity contribution in [2.24, 2.45) is 0 Å². The second kappa shape index (κ2) is 8.07. The lowest BCUT2D eigenvalue weighted by atomic mass is 10.0. The molecule has 0 atom stereocenters. The molecule has 1 fully saturated rings. The third-order valence-electron chi connectivity index (χ3n) is 5.68. The molecule has 3 heterocycles. The summed E-state index contributed by atoms with van der Waals surface area (Å²) in [6, 6.07) is 11.1. The number of hydrogen-bond acceptors (Lipinski definition) is 7. The van der Waals surface area contributed by atoms with Crippen LogP contribution in [0.1, 0.15) is 31.1 Å². The Labute approximate surface area is 183 Å². The first-order valence-corrected chi connectivity index (χ1v) is 11.3. The summed E-state index contributed by atoms with van der Waals surface area (Å²) in [5.74, 6) is 0.729. The zero-order valence-electron chi connectivity index (χ0n) is 17.6. The minimum absolute atomic E-state index is 0.0160. The molecule has 7 heteroatoms. The highest BCUT2D eigenvalue weighted by Crippen LogP contribution is 2.37. The predicted molar refractivity (Wildman–Crippen MR) is 123 cm³/mol. The maximum Gasteiger partial charge on any atom is 0.203 e. The molecule has 0 spiro atoms. The summed E-state index contributed by atoms with van der Waals surface area (Å²) in [7, 11) is 0. The Morgan fingerprint density at radius 3 is 2.68 bits per heavy atom. The summed E-state index contributed by atoms with van der Waals surface area (Å²) in [6.45, 7) is 7.40. The van der Waals surface area contributed by atoms with Crippen molar-refractivity contribution >= 4 is 32.5 Å². The molecule has 160 valence electrons. The summed E-state index contributed by atoms with van der Waals surface area (Å²) in [4.78, 5) is 20.6. The molecule has 0 unspecified atom stereocenters. The number of phenolic OH excluding ortho intramolecular Hbond substituents is 1. The van der Waals surface area contributed by atoms with Crippen LogP contribution in [0.5, 0.6) is 5.75 Å². The van der Waals surface area contributed by atoms with E-state index in [4.69, 9.17) is 14.1 Å². The van der Waals surface area contributed by atoms with Crippen molar-refractivity contribution in [3.8, 4) is 16.3 Å². The zero-order chi connectivity index (χ0) is 21.5. The Hall–Kier alpha value is -2.74. The monoisotopic (exact) mass is 436 g/mol. The van der Waals surface area contributed by atoms with Crippen LogP contribution in [0.4, 0.5) is 0 Å². The lowest BCUT2D eigenvalue weighted by molar-refractivity contribution is 0.0339. The molecule has 0 aliphatic carbocycles. The van der Waals surface area contributed by atoms with Crippen LogP contribution in [0.15, 0.2) is 45.6 Å². The number of morpholine rings is 1. The summed E-state index contributed by atoms with van der Waals surface area (Å²) in [5.41, 5.74) is 2.40. The van der Waals surface area contributed by atoms with Gasteiger partial charge >= 0.3 is 0 Å². The van der Waals surface area contributed by atoms with E-state index in [0.717, 1.165) is 23.3 Å². The molecular weight excluding hydrogens is 412 g/mol. The second-order valence-corrected chi connectivity index (χ2v) is 9.17. The highest BCUT2D eigenvalue weighted by Gasteiger charge is 2.24. The number of aromatic hydroxyl groups is 1. The molecule has 6 nitrogen and oxygen atoms in total. The van der Waals surface area contributed by atoms with Gasteiger partial charge in [-0.2, -0.15) is 0 Å². The van der Waals surface area contributed by atoms with Crippen LogP contribution in [-0.2, 0) is 11.3 Å². The van der Waals surface area contributed by atoms with E-state index in [2.05, 4.69) is 4.90 Å². The molecular formula is C24H24N2O4S. The van der Waals surface area contributed by atoms with Gasteiger partial charge in [0.05, 0.1) is 39.9 Å². The lowest BCUT2D eigenvalue weighted by Crippen LogP contribution is -2.35. The van der Waals surface area contributed by atoms with E-state index < -0.39 is 0 Å². The minimum Gasteiger partial charge on any atom is -0.507 e. The number of fused-ring (bicyclic) bond motifs is 2. The fraction of sp³-hybridized carbons (Fsp3) is 0.333. The SMILES string of the molecule is CC(C)c1oc2c(CN3CCOCC3)c(O)ccc2c(=O)c1-c1nc2ccccc2s1. The van der Waals surface area contributed by atoms with Crippen molar-refractivity contribution in [1.82, 2.24) is 9.88 Å². The molecule has 0 bridgehead atoms. The van der Waals surface area contributed by atoms with Crippen LogP contribution >= 0.6 is 11.3 Å². The number of para-hydroxylation sites is 1. The van der Waals surface area contributed by atoms with E-state index >= 15 is 0 Å². The number of rotatable bonds is 4. The Morgan fingerprint density at radius 2 is 1.94 bits per heavy atom. The van der Waals surface area contributed by atoms with Crippen molar-refractivity contribution < 1.29 is 14.3 Å². The van der Waals surface area contributed by atoms with Gasteiger partial charge in [-0.25, -0.2) is 4.98 Å². The largest absolute Gasteiger partial charge is 0.507 e. The first kappa shape index (κ1) is 20.2. The fourth-order valence-electron chi connectivity index (χ4n) is 4.04. The molecule has 4 aromatic rings. The molecule has 5 rings (SSSR count). The normalized spacial score (nSPS) is 15.3. The van der Waals surface area contributed by atoms with Crippen LogP contribution in [-0.4, -0.2) is 41.3 Å². The Morgan fingerprint density at radius 1 is 1.16 bits per heavy atom. The van der Waals surface area contributed by atoms with Crippen molar-refractivity contribution in [1.29, 1.82) is 0 Å². The van der Waals surface area contributed by atoms with E-state index in [1.807, 2.05) is 38.1 Å². The number of benzene rings is 2. The standard InChI is InChI=1S/C24H24N2O4S/c1-14(2)22-20(24-25-17-5-3-4-6-19(17)31-24)21(28)15-7-8-18(27)16(23(15)30-22)13-26-9-11-29-12-10-26/h3-8,14,27H,9-13H2,1-2H3. The van der Waals surface area contributed by atoms with Crippen LogP contribution in [0, 0.1) is 0 Å². The van der Waals surface area contributed by atoms with Gasteiger partial charge in [0.1, 0.15) is 22.1 Å². The van der Waals surface area contributed by atoms with Crippen molar-refractivity contribution in [2.45, 2.75) is 26.3 Å². The summed E-state index contributed by atoms with van der Waals surface area (Å²) in [6.07, 6.45) is 0. The maximum absolute atomic E-state index is 13.7. The Kier molecular flexibility index (Phi) is 5.25. The summed E-state index contributed by atoms with van der Waals surface area (Å²) in [5, 5.41) is 11.8. The van der Waals surface area contributed by atoms with E-state index in [1.165, 1.54) is 11.3 Å². The molecule has 1 saturated heterocycles. The zero-order valence-corrected chi connectivity index (χ0v) is 18.4. The van der Waals surface area contributed by atoms with Crippen molar-refractivity contribution in [2.75, 3.05) is 26.3 Å². The predicted octanol–water partition coefficient (Wildman–Crippen LogP) is 4.73. The molecule has 31 heavy (non-hydrogen) atoms. The van der Waals surface area contributed by atoms with E-state index in [-0.39, 0.29) is 17.1 Å². The molecule has 0 radical (unpaired) electrons. The molecule has 0 amide bonds. The third-order valence-corrected chi connectivity index (χ3v) is 6.74. The summed E-state index contributed by atoms with van der Waals surface area (Å²) < 4.78 is 12.9. The van der Waals surface area contributed by atoms with Gasteiger partial charge in [-0.3, -0.25) is 9.69 Å². The van der Waals surface area contributed by atoms with E-state index in [0.29, 0.717) is 52.6 Å². The van der Waals surface area contributed by atoms with Crippen LogP contribution in [0.2, 0.25) is 0 Å². The van der Waals surface area contributed by atoms with Crippen LogP contribution < -0.4 is 5.43 Å². The van der Waals surface area contributed by atoms with Gasteiger partial charge in [0, 0.05) is 25.6 Å². The average molecular weight is 437 g/mol. The van der Waals surface area contributed by atoms with Crippen LogP contribution in [0.3, 0.4) is 0 Å². The van der Waals surface area contributed by atoms with Crippen LogP contribution in [0.25, 0.3) is 31.8 Å². The van der Waals surface area contributed by atoms with Gasteiger partial charge in [-0.1, -0.05) is 26.0 Å². The maximum atomic E-state index is 13.7. The van der Waals surface area contributed by atoms with E-state index in [9.17, 15) is 9.90 Å². The lowest BCUT2D eigenvalue weighted by Gasteiger charge is -2.27. The molecule has 2 aromatic heterocycles. The number of ether oxygens (including phenoxy) is 1. The number of hydrogen-bond donors (Lipinski definition) is 1. The average Bonchev–Trinajstić information content (AvgIpc) is 3.20. The minimum atomic E-state index is -0.104. The first-order chi connectivity index (χ1) is 15.0. The number of phenols is 1. The number of thiazole rings is 1. The molecule has 2 aromatic carbocycles. The highest BCUT2D eigenvalue weighted by molar-refractivity contribution is 7.21. The topological polar surface area (TPSA) is 75.8 Å². The Bertz CT molecular complexity index is 1290. The molecule has 1 aliphatic rings. The van der Waals surface area contributed by atoms with Gasteiger partial charge in [0.25, 0.3) is 0 Å². The number of aromatic nitrogens is 1. The number of nitrogens with zero attached hydrogens (tertiary/aromatic N) is 2. The van der Waals surface area contributed by atoms with Gasteiger partial charge in [0.15, 0.2) is 0 Å². The van der Waals surface area contributed by atoms with Gasteiger partial charge in [0.2, 0.25) is 5.43 Å². The summed E-state index contributed by atoms with van der Waals surface area (Å²) >= 11 is 1.50. The molecule has 1 aliphatic heterocycles. The van der Waals surface area contributed by atoms with E-state index in [1.54, 1.807) is 12.1 Å². The second-order valence-electron chi connectivity index (χ2n) is 8.14. The van der Waals surface area contributed by atoms with Gasteiger partial charge in [-0.15, -0.1) is 11.3 Å². The quantitative estimate of drug-likeness (QED) is 0.498. The van der Waals surface area contributed by atoms with Crippen molar-refractivity contribution in [3.63, 3.8) is 0 Å². The van der Waals surface area contributed by atoms with Gasteiger partial charge in [-0.05, 0) is 24.3 Å². The smallest absolute Gasteiger partial charge is 0.203 e. The molecule has 0 saturated carbocycles. The third kappa shape index (κ3) is 3.63. The first-order valence-electron chi connectivity index (χ1n) is 10.5. The van der Waals surface area contributed by atoms with Gasteiger partial charge < -0.3 is 14.3 Å². The molecule has 1 N–H and O–H groups in total.